The number of esters is 1. The monoisotopic (exact) mass is 331 g/mol. The molecule has 124 valence electrons. The number of anilines is 1. The molecule has 3 rings (SSSR count). The van der Waals surface area contributed by atoms with Gasteiger partial charge in [-0.15, -0.1) is 0 Å². The van der Waals surface area contributed by atoms with E-state index in [0.29, 0.717) is 11.5 Å². The number of nitrogens with one attached hydrogen (secondary N) is 1. The van der Waals surface area contributed by atoms with Crippen LogP contribution in [0.25, 0.3) is 0 Å². The molecule has 0 unspecified atom stereocenters. The van der Waals surface area contributed by atoms with Gasteiger partial charge in [0.2, 0.25) is 6.79 Å². The van der Waals surface area contributed by atoms with E-state index >= 15 is 0 Å². The summed E-state index contributed by atoms with van der Waals surface area (Å²) in [5, 5.41) is 2.35. The van der Waals surface area contributed by atoms with Crippen molar-refractivity contribution in [1.82, 2.24) is 0 Å². The number of halogens is 1. The number of rotatable bonds is 4. The summed E-state index contributed by atoms with van der Waals surface area (Å²) < 4.78 is 28.9. The Kier molecular flexibility index (Phi) is 4.33. The Morgan fingerprint density at radius 3 is 2.75 bits per heavy atom. The average molecular weight is 331 g/mol. The molecular weight excluding hydrogens is 317 g/mol. The van der Waals surface area contributed by atoms with Crippen LogP contribution in [-0.4, -0.2) is 25.3 Å². The highest BCUT2D eigenvalue weighted by Gasteiger charge is 2.18. The minimum absolute atomic E-state index is 0.0322. The maximum absolute atomic E-state index is 13.7. The summed E-state index contributed by atoms with van der Waals surface area (Å²) in [5.41, 5.74) is 0.998. The molecule has 1 aliphatic rings. The molecule has 0 radical (unpaired) electrons. The first-order valence-corrected chi connectivity index (χ1v) is 7.16. The lowest BCUT2D eigenvalue weighted by Crippen LogP contribution is -2.21. The second-order valence-corrected chi connectivity index (χ2v) is 5.18. The Morgan fingerprint density at radius 2 is 1.96 bits per heavy atom. The third-order valence-electron chi connectivity index (χ3n) is 3.34. The predicted molar refractivity (Wildman–Crippen MR) is 82.6 cm³/mol. The number of ether oxygens (including phenoxy) is 3. The summed E-state index contributed by atoms with van der Waals surface area (Å²) >= 11 is 0. The lowest BCUT2D eigenvalue weighted by atomic mass is 10.2. The van der Waals surface area contributed by atoms with Crippen LogP contribution in [0.4, 0.5) is 10.1 Å². The highest BCUT2D eigenvalue weighted by atomic mass is 19.1. The van der Waals surface area contributed by atoms with Gasteiger partial charge in [0, 0.05) is 0 Å². The summed E-state index contributed by atoms with van der Waals surface area (Å²) in [7, 11) is 0. The van der Waals surface area contributed by atoms with Gasteiger partial charge in [-0.05, 0) is 42.8 Å². The Morgan fingerprint density at radius 1 is 1.17 bits per heavy atom. The number of hydrogen-bond donors (Lipinski definition) is 1. The lowest BCUT2D eigenvalue weighted by molar-refractivity contribution is -0.119. The van der Waals surface area contributed by atoms with Crippen molar-refractivity contribution in [3.8, 4) is 11.5 Å². The van der Waals surface area contributed by atoms with E-state index in [2.05, 4.69) is 5.32 Å². The molecule has 0 aromatic heterocycles. The molecule has 1 aliphatic heterocycles. The summed E-state index contributed by atoms with van der Waals surface area (Å²) in [6, 6.07) is 8.98. The van der Waals surface area contributed by atoms with Gasteiger partial charge in [0.15, 0.2) is 18.1 Å². The second kappa shape index (κ2) is 6.57. The minimum atomic E-state index is -0.687. The Hall–Kier alpha value is -3.09. The van der Waals surface area contributed by atoms with E-state index in [9.17, 15) is 14.0 Å². The van der Waals surface area contributed by atoms with Crippen molar-refractivity contribution in [1.29, 1.82) is 0 Å². The van der Waals surface area contributed by atoms with Crippen molar-refractivity contribution in [2.24, 2.45) is 0 Å². The van der Waals surface area contributed by atoms with Crippen LogP contribution in [0.15, 0.2) is 36.4 Å². The summed E-state index contributed by atoms with van der Waals surface area (Å²) in [6.07, 6.45) is 0. The van der Waals surface area contributed by atoms with Gasteiger partial charge in [0.25, 0.3) is 5.91 Å². The fraction of sp³-hybridized carbons (Fsp3) is 0.176. The molecule has 6 nitrogen and oxygen atoms in total. The Bertz CT molecular complexity index is 806. The fourth-order valence-corrected chi connectivity index (χ4v) is 2.15. The summed E-state index contributed by atoms with van der Waals surface area (Å²) in [6.45, 7) is 1.31. The molecule has 2 aromatic rings. The van der Waals surface area contributed by atoms with Gasteiger partial charge in [-0.2, -0.15) is 0 Å². The molecular formula is C17H14FNO5. The van der Waals surface area contributed by atoms with E-state index < -0.39 is 24.3 Å². The zero-order valence-electron chi connectivity index (χ0n) is 12.8. The zero-order chi connectivity index (χ0) is 17.1. The fourth-order valence-electron chi connectivity index (χ4n) is 2.15. The standard InChI is InChI=1S/C17H14FNO5/c1-10-2-4-13(12(18)6-10)19-16(20)8-22-17(21)11-3-5-14-15(7-11)24-9-23-14/h2-7H,8-9H2,1H3,(H,19,20). The maximum Gasteiger partial charge on any atom is 0.338 e. The normalized spacial score (nSPS) is 11.9. The molecule has 1 heterocycles. The topological polar surface area (TPSA) is 73.9 Å². The molecule has 1 N–H and O–H groups in total. The SMILES string of the molecule is Cc1ccc(NC(=O)COC(=O)c2ccc3c(c2)OCO3)c(F)c1. The van der Waals surface area contributed by atoms with Crippen molar-refractivity contribution >= 4 is 17.6 Å². The minimum Gasteiger partial charge on any atom is -0.454 e. The Balaban J connectivity index is 1.57. The first-order chi connectivity index (χ1) is 11.5. The van der Waals surface area contributed by atoms with E-state index in [0.717, 1.165) is 5.56 Å². The average Bonchev–Trinajstić information content (AvgIpc) is 3.03. The number of carbonyl (C=O) groups is 2. The first-order valence-electron chi connectivity index (χ1n) is 7.16. The van der Waals surface area contributed by atoms with Crippen LogP contribution in [0.5, 0.6) is 11.5 Å². The molecule has 7 heteroatoms. The molecule has 0 aliphatic carbocycles. The molecule has 1 amide bonds. The Labute approximate surface area is 137 Å². The van der Waals surface area contributed by atoms with Gasteiger partial charge in [-0.1, -0.05) is 6.07 Å². The van der Waals surface area contributed by atoms with Crippen molar-refractivity contribution in [2.45, 2.75) is 6.92 Å². The summed E-state index contributed by atoms with van der Waals surface area (Å²) in [5.74, 6) is -0.889. The number of benzene rings is 2. The summed E-state index contributed by atoms with van der Waals surface area (Å²) in [4.78, 5) is 23.7. The maximum atomic E-state index is 13.7. The first kappa shape index (κ1) is 15.8. The van der Waals surface area contributed by atoms with Crippen LogP contribution < -0.4 is 14.8 Å². The zero-order valence-corrected chi connectivity index (χ0v) is 12.8. The van der Waals surface area contributed by atoms with Gasteiger partial charge in [0.05, 0.1) is 11.3 Å². The molecule has 0 saturated heterocycles. The second-order valence-electron chi connectivity index (χ2n) is 5.18. The van der Waals surface area contributed by atoms with E-state index in [4.69, 9.17) is 14.2 Å². The van der Waals surface area contributed by atoms with Crippen LogP contribution in [0.3, 0.4) is 0 Å². The van der Waals surface area contributed by atoms with Crippen molar-refractivity contribution < 1.29 is 28.2 Å². The third kappa shape index (κ3) is 3.45. The van der Waals surface area contributed by atoms with Crippen LogP contribution >= 0.6 is 0 Å². The number of hydrogen-bond acceptors (Lipinski definition) is 5. The highest BCUT2D eigenvalue weighted by molar-refractivity contribution is 5.95. The number of carbonyl (C=O) groups excluding carboxylic acids is 2. The lowest BCUT2D eigenvalue weighted by Gasteiger charge is -2.08. The van der Waals surface area contributed by atoms with E-state index in [1.807, 2.05) is 0 Å². The molecule has 0 bridgehead atoms. The predicted octanol–water partition coefficient (Wildman–Crippen LogP) is 2.66. The number of aryl methyl sites for hydroxylation is 1. The van der Waals surface area contributed by atoms with Crippen LogP contribution in [-0.2, 0) is 9.53 Å². The van der Waals surface area contributed by atoms with Crippen molar-refractivity contribution in [3.05, 3.63) is 53.3 Å². The van der Waals surface area contributed by atoms with E-state index in [1.165, 1.54) is 24.3 Å². The highest BCUT2D eigenvalue weighted by Crippen LogP contribution is 2.32. The van der Waals surface area contributed by atoms with E-state index in [1.54, 1.807) is 19.1 Å². The van der Waals surface area contributed by atoms with Crippen molar-refractivity contribution in [3.63, 3.8) is 0 Å². The molecule has 0 spiro atoms. The molecule has 0 atom stereocenters. The smallest absolute Gasteiger partial charge is 0.338 e. The van der Waals surface area contributed by atoms with Crippen LogP contribution in [0.1, 0.15) is 15.9 Å². The molecule has 2 aromatic carbocycles. The number of fused-ring (bicyclic) bond motifs is 1. The van der Waals surface area contributed by atoms with Crippen molar-refractivity contribution in [2.75, 3.05) is 18.7 Å². The quantitative estimate of drug-likeness (QED) is 0.872. The van der Waals surface area contributed by atoms with Crippen LogP contribution in [0, 0.1) is 12.7 Å². The van der Waals surface area contributed by atoms with E-state index in [-0.39, 0.29) is 18.0 Å². The van der Waals surface area contributed by atoms with Gasteiger partial charge < -0.3 is 19.5 Å². The van der Waals surface area contributed by atoms with Gasteiger partial charge in [0.1, 0.15) is 5.82 Å². The van der Waals surface area contributed by atoms with Gasteiger partial charge in [-0.25, -0.2) is 9.18 Å². The molecule has 0 saturated carbocycles. The molecule has 24 heavy (non-hydrogen) atoms. The van der Waals surface area contributed by atoms with Crippen LogP contribution in [0.2, 0.25) is 0 Å². The largest absolute Gasteiger partial charge is 0.454 e. The van der Waals surface area contributed by atoms with Gasteiger partial charge >= 0.3 is 5.97 Å². The molecule has 0 fully saturated rings. The van der Waals surface area contributed by atoms with Gasteiger partial charge in [-0.3, -0.25) is 4.79 Å². The number of amides is 1. The third-order valence-corrected chi connectivity index (χ3v) is 3.34.